The van der Waals surface area contributed by atoms with Crippen molar-refractivity contribution in [3.8, 4) is 0 Å². The monoisotopic (exact) mass is 289 g/mol. The van der Waals surface area contributed by atoms with Crippen LogP contribution in [0.25, 0.3) is 0 Å². The van der Waals surface area contributed by atoms with Crippen LogP contribution >= 0.6 is 0 Å². The zero-order chi connectivity index (χ0) is 14.9. The molecule has 2 rings (SSSR count). The van der Waals surface area contributed by atoms with Gasteiger partial charge in [0.1, 0.15) is 0 Å². The summed E-state index contributed by atoms with van der Waals surface area (Å²) in [5.41, 5.74) is 1.43. The van der Waals surface area contributed by atoms with Gasteiger partial charge in [-0.1, -0.05) is 44.2 Å². The maximum atomic E-state index is 3.75. The molecule has 0 bridgehead atoms. The summed E-state index contributed by atoms with van der Waals surface area (Å²) in [6.45, 7) is 12.6. The van der Waals surface area contributed by atoms with E-state index in [0.717, 1.165) is 26.2 Å². The minimum atomic E-state index is 0.665. The molecule has 0 spiro atoms. The first kappa shape index (κ1) is 16.5. The lowest BCUT2D eigenvalue weighted by Crippen LogP contribution is -2.47. The van der Waals surface area contributed by atoms with Crippen molar-refractivity contribution in [2.45, 2.75) is 39.3 Å². The first-order valence-corrected chi connectivity index (χ1v) is 8.53. The number of nitrogens with zero attached hydrogens (tertiary/aromatic N) is 2. The Labute approximate surface area is 130 Å². The molecule has 3 nitrogen and oxygen atoms in total. The molecular formula is C18H31N3. The maximum Gasteiger partial charge on any atom is 0.0234 e. The molecule has 0 amide bonds. The average Bonchev–Trinajstić information content (AvgIpc) is 2.53. The van der Waals surface area contributed by atoms with Crippen molar-refractivity contribution in [2.24, 2.45) is 0 Å². The summed E-state index contributed by atoms with van der Waals surface area (Å²) >= 11 is 0. The van der Waals surface area contributed by atoms with Gasteiger partial charge in [-0.15, -0.1) is 0 Å². The van der Waals surface area contributed by atoms with Gasteiger partial charge < -0.3 is 10.2 Å². The van der Waals surface area contributed by atoms with Crippen LogP contribution in [0.15, 0.2) is 30.3 Å². The second-order valence-electron chi connectivity index (χ2n) is 6.04. The zero-order valence-corrected chi connectivity index (χ0v) is 13.7. The minimum absolute atomic E-state index is 0.665. The summed E-state index contributed by atoms with van der Waals surface area (Å²) in [7, 11) is 0. The molecular weight excluding hydrogens is 258 g/mol. The van der Waals surface area contributed by atoms with Crippen molar-refractivity contribution in [3.63, 3.8) is 0 Å². The second-order valence-corrected chi connectivity index (χ2v) is 6.04. The van der Waals surface area contributed by atoms with Gasteiger partial charge in [0.05, 0.1) is 0 Å². The van der Waals surface area contributed by atoms with E-state index in [9.17, 15) is 0 Å². The summed E-state index contributed by atoms with van der Waals surface area (Å²) < 4.78 is 0. The highest BCUT2D eigenvalue weighted by molar-refractivity contribution is 5.14. The van der Waals surface area contributed by atoms with Crippen LogP contribution in [0, 0.1) is 0 Å². The van der Waals surface area contributed by atoms with Crippen LogP contribution in [0.2, 0.25) is 0 Å². The van der Waals surface area contributed by atoms with E-state index in [4.69, 9.17) is 0 Å². The van der Waals surface area contributed by atoms with E-state index >= 15 is 0 Å². The predicted octanol–water partition coefficient (Wildman–Crippen LogP) is 2.58. The number of likely N-dealkylation sites (N-methyl/N-ethyl adjacent to an activating group) is 1. The van der Waals surface area contributed by atoms with Crippen molar-refractivity contribution in [3.05, 3.63) is 35.9 Å². The Bertz CT molecular complexity index is 375. The number of hydrogen-bond acceptors (Lipinski definition) is 3. The lowest BCUT2D eigenvalue weighted by molar-refractivity contribution is 0.179. The topological polar surface area (TPSA) is 18.5 Å². The number of benzene rings is 1. The highest BCUT2D eigenvalue weighted by Crippen LogP contribution is 2.13. The van der Waals surface area contributed by atoms with Gasteiger partial charge in [-0.3, -0.25) is 4.90 Å². The van der Waals surface area contributed by atoms with Crippen LogP contribution < -0.4 is 5.32 Å². The van der Waals surface area contributed by atoms with Gasteiger partial charge in [0.15, 0.2) is 0 Å². The Morgan fingerprint density at radius 3 is 2.67 bits per heavy atom. The van der Waals surface area contributed by atoms with Gasteiger partial charge in [-0.25, -0.2) is 0 Å². The van der Waals surface area contributed by atoms with E-state index in [1.807, 2.05) is 0 Å². The smallest absolute Gasteiger partial charge is 0.0234 e. The SMILES string of the molecule is CCN(CC)CCNC1CCCN(Cc2ccccc2)C1. The van der Waals surface area contributed by atoms with Crippen LogP contribution in [0.5, 0.6) is 0 Å². The van der Waals surface area contributed by atoms with Crippen molar-refractivity contribution >= 4 is 0 Å². The molecule has 1 aliphatic heterocycles. The molecule has 21 heavy (non-hydrogen) atoms. The van der Waals surface area contributed by atoms with E-state index in [-0.39, 0.29) is 0 Å². The van der Waals surface area contributed by atoms with Crippen molar-refractivity contribution in [2.75, 3.05) is 39.3 Å². The normalized spacial score (nSPS) is 20.0. The molecule has 1 N–H and O–H groups in total. The second kappa shape index (κ2) is 9.19. The van der Waals surface area contributed by atoms with Gasteiger partial charge >= 0.3 is 0 Å². The Kier molecular flexibility index (Phi) is 7.20. The third-order valence-corrected chi connectivity index (χ3v) is 4.51. The van der Waals surface area contributed by atoms with E-state index in [1.165, 1.54) is 38.0 Å². The van der Waals surface area contributed by atoms with E-state index in [2.05, 4.69) is 59.3 Å². The van der Waals surface area contributed by atoms with Crippen molar-refractivity contribution < 1.29 is 0 Å². The van der Waals surface area contributed by atoms with Crippen LogP contribution in [0.4, 0.5) is 0 Å². The Hall–Kier alpha value is -0.900. The minimum Gasteiger partial charge on any atom is -0.311 e. The van der Waals surface area contributed by atoms with E-state index < -0.39 is 0 Å². The van der Waals surface area contributed by atoms with Gasteiger partial charge in [-0.2, -0.15) is 0 Å². The van der Waals surface area contributed by atoms with Crippen molar-refractivity contribution in [1.29, 1.82) is 0 Å². The fourth-order valence-corrected chi connectivity index (χ4v) is 3.17. The molecule has 0 aromatic heterocycles. The fraction of sp³-hybridized carbons (Fsp3) is 0.667. The molecule has 1 saturated heterocycles. The van der Waals surface area contributed by atoms with Gasteiger partial charge in [-0.05, 0) is 38.0 Å². The van der Waals surface area contributed by atoms with Crippen LogP contribution in [-0.4, -0.2) is 55.1 Å². The quantitative estimate of drug-likeness (QED) is 0.793. The average molecular weight is 289 g/mol. The first-order chi connectivity index (χ1) is 10.3. The molecule has 0 aliphatic carbocycles. The standard InChI is InChI=1S/C18H31N3/c1-3-20(4-2)14-12-19-18-11-8-13-21(16-18)15-17-9-6-5-7-10-17/h5-7,9-10,18-19H,3-4,8,11-16H2,1-2H3. The molecule has 0 radical (unpaired) electrons. The molecule has 3 heteroatoms. The summed E-state index contributed by atoms with van der Waals surface area (Å²) in [5.74, 6) is 0. The molecule has 1 unspecified atom stereocenters. The summed E-state index contributed by atoms with van der Waals surface area (Å²) in [4.78, 5) is 5.07. The van der Waals surface area contributed by atoms with Crippen LogP contribution in [-0.2, 0) is 6.54 Å². The van der Waals surface area contributed by atoms with Gasteiger partial charge in [0, 0.05) is 32.2 Å². The molecule has 1 atom stereocenters. The molecule has 1 aromatic rings. The molecule has 118 valence electrons. The lowest BCUT2D eigenvalue weighted by atomic mass is 10.0. The Balaban J connectivity index is 1.71. The molecule has 1 aromatic carbocycles. The van der Waals surface area contributed by atoms with E-state index in [0.29, 0.717) is 6.04 Å². The summed E-state index contributed by atoms with van der Waals surface area (Å²) in [6, 6.07) is 11.5. The van der Waals surface area contributed by atoms with E-state index in [1.54, 1.807) is 0 Å². The summed E-state index contributed by atoms with van der Waals surface area (Å²) in [6.07, 6.45) is 2.64. The fourth-order valence-electron chi connectivity index (χ4n) is 3.17. The summed E-state index contributed by atoms with van der Waals surface area (Å²) in [5, 5.41) is 3.75. The highest BCUT2D eigenvalue weighted by Gasteiger charge is 2.19. The zero-order valence-electron chi connectivity index (χ0n) is 13.7. The number of rotatable bonds is 8. The van der Waals surface area contributed by atoms with Gasteiger partial charge in [0.25, 0.3) is 0 Å². The predicted molar refractivity (Wildman–Crippen MR) is 90.5 cm³/mol. The number of hydrogen-bond donors (Lipinski definition) is 1. The largest absolute Gasteiger partial charge is 0.311 e. The van der Waals surface area contributed by atoms with Crippen LogP contribution in [0.1, 0.15) is 32.3 Å². The number of piperidine rings is 1. The first-order valence-electron chi connectivity index (χ1n) is 8.53. The maximum absolute atomic E-state index is 3.75. The number of nitrogens with one attached hydrogen (secondary N) is 1. The van der Waals surface area contributed by atoms with Crippen LogP contribution in [0.3, 0.4) is 0 Å². The molecule has 1 aliphatic rings. The van der Waals surface area contributed by atoms with Crippen molar-refractivity contribution in [1.82, 2.24) is 15.1 Å². The van der Waals surface area contributed by atoms with Gasteiger partial charge in [0.2, 0.25) is 0 Å². The third kappa shape index (κ3) is 5.77. The lowest BCUT2D eigenvalue weighted by Gasteiger charge is -2.33. The third-order valence-electron chi connectivity index (χ3n) is 4.51. The Morgan fingerprint density at radius 2 is 1.95 bits per heavy atom. The molecule has 1 heterocycles. The molecule has 0 saturated carbocycles. The Morgan fingerprint density at radius 1 is 1.19 bits per heavy atom. The highest BCUT2D eigenvalue weighted by atomic mass is 15.2. The molecule has 1 fully saturated rings. The number of likely N-dealkylation sites (tertiary alicyclic amines) is 1.